The highest BCUT2D eigenvalue weighted by molar-refractivity contribution is 5.89. The van der Waals surface area contributed by atoms with E-state index in [2.05, 4.69) is 9.97 Å². The topological polar surface area (TPSA) is 83.0 Å². The minimum absolute atomic E-state index is 0.198. The number of aromatic amines is 1. The van der Waals surface area contributed by atoms with Crippen molar-refractivity contribution in [3.63, 3.8) is 0 Å². The molecule has 0 aliphatic heterocycles. The van der Waals surface area contributed by atoms with Crippen LogP contribution in [0.3, 0.4) is 0 Å². The molecule has 80 valence electrons. The van der Waals surface area contributed by atoms with Crippen molar-refractivity contribution in [1.82, 2.24) is 9.97 Å². The lowest BCUT2D eigenvalue weighted by atomic mass is 10.1. The highest BCUT2D eigenvalue weighted by Gasteiger charge is 2.04. The van der Waals surface area contributed by atoms with Gasteiger partial charge < -0.3 is 10.1 Å². The molecule has 16 heavy (non-hydrogen) atoms. The molecule has 2 aromatic rings. The van der Waals surface area contributed by atoms with Crippen molar-refractivity contribution in [2.24, 2.45) is 0 Å². The summed E-state index contributed by atoms with van der Waals surface area (Å²) in [5, 5.41) is 8.83. The first-order valence-corrected chi connectivity index (χ1v) is 4.55. The summed E-state index contributed by atoms with van der Waals surface area (Å²) in [6.45, 7) is 0. The van der Waals surface area contributed by atoms with Gasteiger partial charge in [0.2, 0.25) is 0 Å². The maximum Gasteiger partial charge on any atom is 0.344 e. The average molecular weight is 216 g/mol. The number of aromatic nitrogens is 2. The number of carboxylic acid groups (broad SMARTS) is 1. The smallest absolute Gasteiger partial charge is 0.344 e. The number of benzene rings is 1. The number of nitrogens with one attached hydrogen (secondary N) is 1. The Kier molecular flexibility index (Phi) is 2.51. The molecule has 1 aromatic carbocycles. The lowest BCUT2D eigenvalue weighted by Gasteiger charge is -2.01. The molecular formula is C11H8N2O3. The van der Waals surface area contributed by atoms with Crippen LogP contribution < -0.4 is 5.69 Å². The summed E-state index contributed by atoms with van der Waals surface area (Å²) in [7, 11) is 0. The first kappa shape index (κ1) is 10.1. The number of carbonyl (C=O) groups is 1. The van der Waals surface area contributed by atoms with Crippen molar-refractivity contribution >= 4 is 5.97 Å². The molecule has 0 saturated carbocycles. The van der Waals surface area contributed by atoms with Crippen molar-refractivity contribution in [2.45, 2.75) is 0 Å². The summed E-state index contributed by atoms with van der Waals surface area (Å²) in [5.74, 6) is -0.987. The Labute approximate surface area is 90.4 Å². The van der Waals surface area contributed by atoms with Gasteiger partial charge in [-0.1, -0.05) is 12.1 Å². The molecular weight excluding hydrogens is 208 g/mol. The molecule has 0 fully saturated rings. The molecule has 0 atom stereocenters. The minimum atomic E-state index is -0.987. The molecule has 0 radical (unpaired) electrons. The van der Waals surface area contributed by atoms with Gasteiger partial charge in [-0.3, -0.25) is 0 Å². The van der Waals surface area contributed by atoms with Gasteiger partial charge in [0.05, 0.1) is 5.56 Å². The lowest BCUT2D eigenvalue weighted by Crippen LogP contribution is -2.07. The van der Waals surface area contributed by atoms with Crippen LogP contribution in [0.4, 0.5) is 0 Å². The molecule has 0 spiro atoms. The zero-order chi connectivity index (χ0) is 11.5. The SMILES string of the molecule is O=C(O)c1cccc(-c2cnc(=O)[nH]c2)c1. The van der Waals surface area contributed by atoms with Gasteiger partial charge in [-0.05, 0) is 17.7 Å². The van der Waals surface area contributed by atoms with Crippen LogP contribution in [0.25, 0.3) is 11.1 Å². The molecule has 0 unspecified atom stereocenters. The summed E-state index contributed by atoms with van der Waals surface area (Å²) in [6, 6.07) is 6.42. The Morgan fingerprint density at radius 1 is 1.31 bits per heavy atom. The number of carboxylic acids is 1. The largest absolute Gasteiger partial charge is 0.478 e. The molecule has 0 bridgehead atoms. The highest BCUT2D eigenvalue weighted by Crippen LogP contribution is 2.17. The summed E-state index contributed by atoms with van der Waals surface area (Å²) in [4.78, 5) is 27.5. The third-order valence-electron chi connectivity index (χ3n) is 2.11. The van der Waals surface area contributed by atoms with Crippen LogP contribution in [0.5, 0.6) is 0 Å². The first-order chi connectivity index (χ1) is 7.66. The van der Waals surface area contributed by atoms with Gasteiger partial charge >= 0.3 is 11.7 Å². The van der Waals surface area contributed by atoms with Gasteiger partial charge in [0.15, 0.2) is 0 Å². The Hall–Kier alpha value is -2.43. The number of hydrogen-bond donors (Lipinski definition) is 2. The first-order valence-electron chi connectivity index (χ1n) is 4.55. The van der Waals surface area contributed by atoms with Gasteiger partial charge in [-0.2, -0.15) is 0 Å². The second kappa shape index (κ2) is 3.98. The average Bonchev–Trinajstić information content (AvgIpc) is 2.30. The van der Waals surface area contributed by atoms with E-state index >= 15 is 0 Å². The highest BCUT2D eigenvalue weighted by atomic mass is 16.4. The van der Waals surface area contributed by atoms with Crippen LogP contribution in [-0.2, 0) is 0 Å². The maximum absolute atomic E-state index is 10.8. The van der Waals surface area contributed by atoms with Crippen LogP contribution in [0.15, 0.2) is 41.5 Å². The predicted molar refractivity (Wildman–Crippen MR) is 57.3 cm³/mol. The number of rotatable bonds is 2. The monoisotopic (exact) mass is 216 g/mol. The van der Waals surface area contributed by atoms with E-state index in [4.69, 9.17) is 5.11 Å². The quantitative estimate of drug-likeness (QED) is 0.788. The number of aromatic carboxylic acids is 1. The molecule has 0 amide bonds. The summed E-state index contributed by atoms with van der Waals surface area (Å²) < 4.78 is 0. The van der Waals surface area contributed by atoms with Crippen LogP contribution in [-0.4, -0.2) is 21.0 Å². The van der Waals surface area contributed by atoms with Gasteiger partial charge in [0.1, 0.15) is 0 Å². The summed E-state index contributed by atoms with van der Waals surface area (Å²) in [6.07, 6.45) is 2.90. The van der Waals surface area contributed by atoms with Crippen LogP contribution in [0.1, 0.15) is 10.4 Å². The molecule has 0 aliphatic carbocycles. The second-order valence-electron chi connectivity index (χ2n) is 3.19. The Balaban J connectivity index is 2.48. The van der Waals surface area contributed by atoms with Crippen molar-refractivity contribution in [3.05, 3.63) is 52.7 Å². The van der Waals surface area contributed by atoms with E-state index in [9.17, 15) is 9.59 Å². The van der Waals surface area contributed by atoms with Gasteiger partial charge in [-0.15, -0.1) is 0 Å². The Morgan fingerprint density at radius 3 is 2.75 bits per heavy atom. The fraction of sp³-hybridized carbons (Fsp3) is 0. The molecule has 2 rings (SSSR count). The van der Waals surface area contributed by atoms with Crippen LogP contribution in [0, 0.1) is 0 Å². The standard InChI is InChI=1S/C11H8N2O3/c14-10(15)8-3-1-2-7(4-8)9-5-12-11(16)13-6-9/h1-6H,(H,14,15)(H,12,13,16). The number of nitrogens with zero attached hydrogens (tertiary/aromatic N) is 1. The van der Waals surface area contributed by atoms with E-state index in [-0.39, 0.29) is 5.56 Å². The minimum Gasteiger partial charge on any atom is -0.478 e. The summed E-state index contributed by atoms with van der Waals surface area (Å²) in [5.41, 5.74) is 1.13. The zero-order valence-corrected chi connectivity index (χ0v) is 8.18. The molecule has 5 heteroatoms. The Bertz CT molecular complexity index is 569. The van der Waals surface area contributed by atoms with Crippen LogP contribution in [0.2, 0.25) is 0 Å². The van der Waals surface area contributed by atoms with Gasteiger partial charge in [0.25, 0.3) is 0 Å². The van der Waals surface area contributed by atoms with E-state index in [0.29, 0.717) is 11.1 Å². The third kappa shape index (κ3) is 1.98. The van der Waals surface area contributed by atoms with Crippen LogP contribution >= 0.6 is 0 Å². The fourth-order valence-corrected chi connectivity index (χ4v) is 1.33. The number of H-pyrrole nitrogens is 1. The zero-order valence-electron chi connectivity index (χ0n) is 8.18. The van der Waals surface area contributed by atoms with Crippen molar-refractivity contribution in [2.75, 3.05) is 0 Å². The molecule has 1 heterocycles. The molecule has 5 nitrogen and oxygen atoms in total. The van der Waals surface area contributed by atoms with E-state index < -0.39 is 11.7 Å². The van der Waals surface area contributed by atoms with E-state index in [1.807, 2.05) is 0 Å². The van der Waals surface area contributed by atoms with E-state index in [1.54, 1.807) is 12.1 Å². The molecule has 1 aromatic heterocycles. The number of hydrogen-bond acceptors (Lipinski definition) is 3. The normalized spacial score (nSPS) is 10.0. The third-order valence-corrected chi connectivity index (χ3v) is 2.11. The fourth-order valence-electron chi connectivity index (χ4n) is 1.33. The predicted octanol–water partition coefficient (Wildman–Crippen LogP) is 1.14. The Morgan fingerprint density at radius 2 is 2.12 bits per heavy atom. The maximum atomic E-state index is 10.8. The molecule has 2 N–H and O–H groups in total. The van der Waals surface area contributed by atoms with Gasteiger partial charge in [-0.25, -0.2) is 14.6 Å². The van der Waals surface area contributed by atoms with E-state index in [0.717, 1.165) is 0 Å². The van der Waals surface area contributed by atoms with Crippen molar-refractivity contribution < 1.29 is 9.90 Å². The summed E-state index contributed by atoms with van der Waals surface area (Å²) >= 11 is 0. The molecule has 0 saturated heterocycles. The van der Waals surface area contributed by atoms with Crippen molar-refractivity contribution in [1.29, 1.82) is 0 Å². The lowest BCUT2D eigenvalue weighted by molar-refractivity contribution is 0.0697. The second-order valence-corrected chi connectivity index (χ2v) is 3.19. The van der Waals surface area contributed by atoms with Gasteiger partial charge in [0, 0.05) is 18.0 Å². The van der Waals surface area contributed by atoms with E-state index in [1.165, 1.54) is 24.5 Å². The molecule has 0 aliphatic rings. The van der Waals surface area contributed by atoms with Crippen molar-refractivity contribution in [3.8, 4) is 11.1 Å².